The van der Waals surface area contributed by atoms with E-state index < -0.39 is 0 Å². The molecular weight excluding hydrogens is 198 g/mol. The van der Waals surface area contributed by atoms with Gasteiger partial charge in [-0.3, -0.25) is 0 Å². The summed E-state index contributed by atoms with van der Waals surface area (Å²) in [5.41, 5.74) is 6.90. The lowest BCUT2D eigenvalue weighted by molar-refractivity contribution is 0.227. The molecule has 0 spiro atoms. The highest BCUT2D eigenvalue weighted by atomic mass is 15.0. The Morgan fingerprint density at radius 1 is 1.44 bits per heavy atom. The first kappa shape index (κ1) is 11.6. The van der Waals surface area contributed by atoms with Gasteiger partial charge in [0.1, 0.15) is 0 Å². The van der Waals surface area contributed by atoms with Crippen LogP contribution in [0.5, 0.6) is 0 Å². The normalized spacial score (nSPS) is 25.9. The highest BCUT2D eigenvalue weighted by Crippen LogP contribution is 2.30. The van der Waals surface area contributed by atoms with Gasteiger partial charge in [0.15, 0.2) is 0 Å². The standard InChI is InChI=1S/C13H23N3/c1-11-4-2-3-5-12(11)9-16-10-15-8-13(16)6-7-14/h8,10-12H,2-7,9,14H2,1H3. The Balaban J connectivity index is 1.99. The van der Waals surface area contributed by atoms with E-state index in [0.29, 0.717) is 6.54 Å². The van der Waals surface area contributed by atoms with Crippen molar-refractivity contribution < 1.29 is 0 Å². The molecule has 0 radical (unpaired) electrons. The van der Waals surface area contributed by atoms with Crippen LogP contribution in [0.4, 0.5) is 0 Å². The molecule has 0 bridgehead atoms. The Bertz CT molecular complexity index is 319. The molecule has 2 atom stereocenters. The molecule has 1 saturated carbocycles. The lowest BCUT2D eigenvalue weighted by atomic mass is 9.80. The van der Waals surface area contributed by atoms with E-state index in [0.717, 1.165) is 24.8 Å². The fraction of sp³-hybridized carbons (Fsp3) is 0.769. The predicted molar refractivity (Wildman–Crippen MR) is 66.1 cm³/mol. The van der Waals surface area contributed by atoms with E-state index in [1.165, 1.54) is 31.4 Å². The van der Waals surface area contributed by atoms with Crippen molar-refractivity contribution in [2.75, 3.05) is 6.54 Å². The van der Waals surface area contributed by atoms with Crippen LogP contribution in [0.3, 0.4) is 0 Å². The first-order valence-electron chi connectivity index (χ1n) is 6.50. The van der Waals surface area contributed by atoms with Crippen molar-refractivity contribution in [3.8, 4) is 0 Å². The molecule has 1 aliphatic rings. The minimum absolute atomic E-state index is 0.714. The predicted octanol–water partition coefficient (Wildman–Crippen LogP) is 2.21. The number of hydrogen-bond donors (Lipinski definition) is 1. The van der Waals surface area contributed by atoms with Crippen LogP contribution in [-0.2, 0) is 13.0 Å². The van der Waals surface area contributed by atoms with Gasteiger partial charge in [-0.15, -0.1) is 0 Å². The van der Waals surface area contributed by atoms with Gasteiger partial charge in [-0.25, -0.2) is 4.98 Å². The summed E-state index contributed by atoms with van der Waals surface area (Å²) in [7, 11) is 0. The maximum absolute atomic E-state index is 5.61. The van der Waals surface area contributed by atoms with E-state index in [2.05, 4.69) is 16.5 Å². The summed E-state index contributed by atoms with van der Waals surface area (Å²) in [5.74, 6) is 1.70. The number of nitrogens with two attached hydrogens (primary N) is 1. The number of hydrogen-bond acceptors (Lipinski definition) is 2. The molecule has 1 aliphatic carbocycles. The van der Waals surface area contributed by atoms with E-state index in [1.54, 1.807) is 0 Å². The van der Waals surface area contributed by atoms with Crippen LogP contribution in [0.15, 0.2) is 12.5 Å². The topological polar surface area (TPSA) is 43.8 Å². The van der Waals surface area contributed by atoms with Crippen LogP contribution in [0.2, 0.25) is 0 Å². The van der Waals surface area contributed by atoms with Crippen LogP contribution >= 0.6 is 0 Å². The van der Waals surface area contributed by atoms with Crippen LogP contribution in [0.1, 0.15) is 38.3 Å². The quantitative estimate of drug-likeness (QED) is 0.847. The third kappa shape index (κ3) is 2.64. The van der Waals surface area contributed by atoms with E-state index >= 15 is 0 Å². The Kier molecular flexibility index (Phi) is 3.99. The van der Waals surface area contributed by atoms with Crippen LogP contribution in [0.25, 0.3) is 0 Å². The van der Waals surface area contributed by atoms with E-state index in [-0.39, 0.29) is 0 Å². The maximum Gasteiger partial charge on any atom is 0.0948 e. The van der Waals surface area contributed by atoms with Gasteiger partial charge in [-0.2, -0.15) is 0 Å². The summed E-state index contributed by atoms with van der Waals surface area (Å²) in [6, 6.07) is 0. The smallest absolute Gasteiger partial charge is 0.0948 e. The Hall–Kier alpha value is -0.830. The van der Waals surface area contributed by atoms with Gasteiger partial charge in [-0.05, 0) is 24.8 Å². The molecule has 2 rings (SSSR count). The number of rotatable bonds is 4. The van der Waals surface area contributed by atoms with Crippen molar-refractivity contribution >= 4 is 0 Å². The van der Waals surface area contributed by atoms with E-state index in [9.17, 15) is 0 Å². The lowest BCUT2D eigenvalue weighted by Crippen LogP contribution is -2.23. The van der Waals surface area contributed by atoms with Crippen LogP contribution in [-0.4, -0.2) is 16.1 Å². The Labute approximate surface area is 98.1 Å². The van der Waals surface area contributed by atoms with E-state index in [4.69, 9.17) is 5.73 Å². The summed E-state index contributed by atoms with van der Waals surface area (Å²) >= 11 is 0. The van der Waals surface area contributed by atoms with Crippen LogP contribution in [0, 0.1) is 11.8 Å². The summed E-state index contributed by atoms with van der Waals surface area (Å²) in [5, 5.41) is 0. The van der Waals surface area contributed by atoms with Crippen molar-refractivity contribution in [1.29, 1.82) is 0 Å². The van der Waals surface area contributed by atoms with Gasteiger partial charge < -0.3 is 10.3 Å². The molecule has 0 amide bonds. The van der Waals surface area contributed by atoms with Crippen LogP contribution < -0.4 is 5.73 Å². The first-order chi connectivity index (χ1) is 7.81. The number of nitrogens with zero attached hydrogens (tertiary/aromatic N) is 2. The molecule has 0 aliphatic heterocycles. The average Bonchev–Trinajstić information content (AvgIpc) is 2.70. The van der Waals surface area contributed by atoms with Gasteiger partial charge in [0.05, 0.1) is 6.33 Å². The summed E-state index contributed by atoms with van der Waals surface area (Å²) < 4.78 is 2.30. The molecule has 2 N–H and O–H groups in total. The molecule has 2 unspecified atom stereocenters. The zero-order chi connectivity index (χ0) is 11.4. The molecule has 3 nitrogen and oxygen atoms in total. The number of aromatic nitrogens is 2. The molecule has 16 heavy (non-hydrogen) atoms. The lowest BCUT2D eigenvalue weighted by Gasteiger charge is -2.29. The monoisotopic (exact) mass is 221 g/mol. The second-order valence-corrected chi connectivity index (χ2v) is 5.10. The van der Waals surface area contributed by atoms with Crippen molar-refractivity contribution in [3.63, 3.8) is 0 Å². The minimum atomic E-state index is 0.714. The Morgan fingerprint density at radius 3 is 3.00 bits per heavy atom. The second-order valence-electron chi connectivity index (χ2n) is 5.10. The Morgan fingerprint density at radius 2 is 2.25 bits per heavy atom. The fourth-order valence-electron chi connectivity index (χ4n) is 2.79. The van der Waals surface area contributed by atoms with Crippen molar-refractivity contribution in [2.24, 2.45) is 17.6 Å². The molecule has 0 saturated heterocycles. The van der Waals surface area contributed by atoms with Crippen molar-refractivity contribution in [3.05, 3.63) is 18.2 Å². The van der Waals surface area contributed by atoms with Gasteiger partial charge in [0.25, 0.3) is 0 Å². The number of imidazole rings is 1. The van der Waals surface area contributed by atoms with Crippen molar-refractivity contribution in [2.45, 2.75) is 45.6 Å². The molecule has 1 fully saturated rings. The summed E-state index contributed by atoms with van der Waals surface area (Å²) in [4.78, 5) is 4.24. The molecular formula is C13H23N3. The zero-order valence-electron chi connectivity index (χ0n) is 10.2. The molecule has 0 aromatic carbocycles. The molecule has 1 aromatic heterocycles. The third-order valence-corrected chi connectivity index (χ3v) is 3.92. The maximum atomic E-state index is 5.61. The highest BCUT2D eigenvalue weighted by Gasteiger charge is 2.21. The molecule has 1 heterocycles. The largest absolute Gasteiger partial charge is 0.334 e. The van der Waals surface area contributed by atoms with Gasteiger partial charge in [-0.1, -0.05) is 26.2 Å². The SMILES string of the molecule is CC1CCCCC1Cn1cncc1CCN. The van der Waals surface area contributed by atoms with Gasteiger partial charge in [0.2, 0.25) is 0 Å². The molecule has 1 aromatic rings. The third-order valence-electron chi connectivity index (χ3n) is 3.92. The average molecular weight is 221 g/mol. The molecule has 90 valence electrons. The van der Waals surface area contributed by atoms with Gasteiger partial charge >= 0.3 is 0 Å². The summed E-state index contributed by atoms with van der Waals surface area (Å²) in [6.07, 6.45) is 10.5. The summed E-state index contributed by atoms with van der Waals surface area (Å²) in [6.45, 7) is 4.24. The zero-order valence-corrected chi connectivity index (χ0v) is 10.2. The second kappa shape index (κ2) is 5.48. The fourth-order valence-corrected chi connectivity index (χ4v) is 2.79. The van der Waals surface area contributed by atoms with E-state index in [1.807, 2.05) is 12.5 Å². The highest BCUT2D eigenvalue weighted by molar-refractivity contribution is 4.99. The minimum Gasteiger partial charge on any atom is -0.334 e. The first-order valence-corrected chi connectivity index (χ1v) is 6.50. The molecule has 3 heteroatoms. The van der Waals surface area contributed by atoms with Gasteiger partial charge in [0, 0.05) is 24.9 Å². The van der Waals surface area contributed by atoms with Crippen molar-refractivity contribution in [1.82, 2.24) is 9.55 Å².